The van der Waals surface area contributed by atoms with E-state index in [4.69, 9.17) is 25.8 Å². The van der Waals surface area contributed by atoms with E-state index in [1.165, 1.54) is 0 Å². The van der Waals surface area contributed by atoms with E-state index < -0.39 is 18.2 Å². The average Bonchev–Trinajstić information content (AvgIpc) is 3.37. The number of amides is 1. The number of ether oxygens (including phenoxy) is 3. The highest BCUT2D eigenvalue weighted by Crippen LogP contribution is 2.24. The molecule has 144 valence electrons. The minimum absolute atomic E-state index is 0.169. The van der Waals surface area contributed by atoms with Crippen LogP contribution in [0.15, 0.2) is 24.3 Å². The van der Waals surface area contributed by atoms with Gasteiger partial charge < -0.3 is 19.5 Å². The molecule has 1 aromatic rings. The van der Waals surface area contributed by atoms with Gasteiger partial charge in [-0.2, -0.15) is 0 Å². The first-order valence-corrected chi connectivity index (χ1v) is 9.23. The second kappa shape index (κ2) is 9.90. The Morgan fingerprint density at radius 1 is 1.27 bits per heavy atom. The van der Waals surface area contributed by atoms with Crippen LogP contribution in [0, 0.1) is 5.92 Å². The van der Waals surface area contributed by atoms with Gasteiger partial charge in [-0.25, -0.2) is 4.79 Å². The molecule has 0 saturated carbocycles. The Bertz CT molecular complexity index is 622. The Labute approximate surface area is 159 Å². The van der Waals surface area contributed by atoms with Crippen molar-refractivity contribution in [2.45, 2.75) is 52.0 Å². The Morgan fingerprint density at radius 2 is 2.00 bits per heavy atom. The molecular weight excluding hydrogens is 358 g/mol. The Kier molecular flexibility index (Phi) is 7.87. The van der Waals surface area contributed by atoms with Crippen molar-refractivity contribution in [1.82, 2.24) is 5.32 Å². The summed E-state index contributed by atoms with van der Waals surface area (Å²) < 4.78 is 15.7. The van der Waals surface area contributed by atoms with E-state index in [-0.39, 0.29) is 18.6 Å². The normalized spacial score (nSPS) is 19.9. The zero-order valence-corrected chi connectivity index (χ0v) is 16.1. The van der Waals surface area contributed by atoms with E-state index in [2.05, 4.69) is 19.2 Å². The number of esters is 1. The summed E-state index contributed by atoms with van der Waals surface area (Å²) in [7, 11) is 0. The van der Waals surface area contributed by atoms with E-state index in [0.717, 1.165) is 12.0 Å². The maximum atomic E-state index is 12.3. The van der Waals surface area contributed by atoms with Gasteiger partial charge >= 0.3 is 5.97 Å². The second-order valence-electron chi connectivity index (χ2n) is 6.67. The number of hydrogen-bond donors (Lipinski definition) is 1. The molecule has 0 unspecified atom stereocenters. The van der Waals surface area contributed by atoms with E-state index in [1.54, 1.807) is 6.92 Å². The lowest BCUT2D eigenvalue weighted by Crippen LogP contribution is -2.42. The van der Waals surface area contributed by atoms with Crippen molar-refractivity contribution in [3.8, 4) is 0 Å². The van der Waals surface area contributed by atoms with Crippen LogP contribution in [-0.2, 0) is 30.4 Å². The molecule has 1 heterocycles. The Morgan fingerprint density at radius 3 is 2.65 bits per heavy atom. The molecule has 2 rings (SSSR count). The van der Waals surface area contributed by atoms with E-state index in [1.807, 2.05) is 24.3 Å². The zero-order chi connectivity index (χ0) is 19.1. The molecule has 1 aliphatic rings. The first-order chi connectivity index (χ1) is 12.4. The number of carbonyl (C=O) groups is 2. The molecule has 3 atom stereocenters. The van der Waals surface area contributed by atoms with Gasteiger partial charge in [0.05, 0.1) is 25.9 Å². The topological polar surface area (TPSA) is 77.2 Å². The number of nitrogens with one attached hydrogen (secondary N) is 1. The summed E-state index contributed by atoms with van der Waals surface area (Å²) in [6.45, 7) is 6.84. The van der Waals surface area contributed by atoms with E-state index in [0.29, 0.717) is 24.2 Å². The van der Waals surface area contributed by atoms with Gasteiger partial charge in [0.1, 0.15) is 0 Å². The minimum Gasteiger partial charge on any atom is -0.464 e. The highest BCUT2D eigenvalue weighted by atomic mass is 35.5. The number of rotatable bonds is 10. The van der Waals surface area contributed by atoms with Crippen LogP contribution in [0.4, 0.5) is 0 Å². The van der Waals surface area contributed by atoms with Gasteiger partial charge in [-0.05, 0) is 30.9 Å². The molecule has 1 fully saturated rings. The third kappa shape index (κ3) is 6.27. The van der Waals surface area contributed by atoms with Crippen LogP contribution < -0.4 is 5.32 Å². The van der Waals surface area contributed by atoms with Crippen LogP contribution in [0.2, 0.25) is 5.02 Å². The highest BCUT2D eigenvalue weighted by Gasteiger charge is 2.51. The summed E-state index contributed by atoms with van der Waals surface area (Å²) in [4.78, 5) is 23.9. The molecular formula is C19H26ClNO5. The van der Waals surface area contributed by atoms with Crippen LogP contribution >= 0.6 is 11.6 Å². The summed E-state index contributed by atoms with van der Waals surface area (Å²) in [5.74, 6) is -0.428. The van der Waals surface area contributed by atoms with Gasteiger partial charge in [-0.3, -0.25) is 4.79 Å². The third-order valence-corrected chi connectivity index (χ3v) is 4.27. The number of carbonyl (C=O) groups excluding carboxylic acids is 2. The van der Waals surface area contributed by atoms with Crippen LogP contribution in [0.25, 0.3) is 0 Å². The number of epoxide rings is 1. The molecule has 0 radical (unpaired) electrons. The fraction of sp³-hybridized carbons (Fsp3) is 0.579. The molecule has 1 N–H and O–H groups in total. The Hall–Kier alpha value is -1.63. The molecule has 1 aromatic carbocycles. The standard InChI is InChI=1S/C19H26ClNO5/c1-4-25-19(23)17-16(26-17)18(22)21-14(9-12(2)3)11-24-10-13-7-5-6-8-15(13)20/h5-8,12,14,16-17H,4,9-11H2,1-3H3,(H,21,22)/t14-,16-,17-/m0/s1. The van der Waals surface area contributed by atoms with Crippen LogP contribution in [0.3, 0.4) is 0 Å². The molecule has 0 aliphatic carbocycles. The lowest BCUT2D eigenvalue weighted by atomic mass is 10.0. The van der Waals surface area contributed by atoms with Crippen LogP contribution in [-0.4, -0.2) is 43.3 Å². The maximum absolute atomic E-state index is 12.3. The number of halogens is 1. The summed E-state index contributed by atoms with van der Waals surface area (Å²) in [6, 6.07) is 7.31. The molecule has 1 amide bonds. The van der Waals surface area contributed by atoms with Gasteiger partial charge in [0, 0.05) is 5.02 Å². The van der Waals surface area contributed by atoms with Gasteiger partial charge in [-0.1, -0.05) is 43.6 Å². The average molecular weight is 384 g/mol. The fourth-order valence-electron chi connectivity index (χ4n) is 2.66. The van der Waals surface area contributed by atoms with Crippen LogP contribution in [0.1, 0.15) is 32.8 Å². The molecule has 26 heavy (non-hydrogen) atoms. The lowest BCUT2D eigenvalue weighted by Gasteiger charge is -2.20. The lowest BCUT2D eigenvalue weighted by molar-refractivity contribution is -0.144. The van der Waals surface area contributed by atoms with Crippen molar-refractivity contribution < 1.29 is 23.8 Å². The molecule has 0 bridgehead atoms. The quantitative estimate of drug-likeness (QED) is 0.496. The molecule has 6 nitrogen and oxygen atoms in total. The Balaban J connectivity index is 1.82. The molecule has 1 aliphatic heterocycles. The first-order valence-electron chi connectivity index (χ1n) is 8.86. The molecule has 1 saturated heterocycles. The van der Waals surface area contributed by atoms with Crippen molar-refractivity contribution >= 4 is 23.5 Å². The van der Waals surface area contributed by atoms with Crippen molar-refractivity contribution in [3.05, 3.63) is 34.9 Å². The van der Waals surface area contributed by atoms with E-state index in [9.17, 15) is 9.59 Å². The van der Waals surface area contributed by atoms with E-state index >= 15 is 0 Å². The van der Waals surface area contributed by atoms with Crippen LogP contribution in [0.5, 0.6) is 0 Å². The van der Waals surface area contributed by atoms with Gasteiger partial charge in [0.25, 0.3) is 5.91 Å². The van der Waals surface area contributed by atoms with Crippen molar-refractivity contribution in [2.75, 3.05) is 13.2 Å². The van der Waals surface area contributed by atoms with Crippen molar-refractivity contribution in [3.63, 3.8) is 0 Å². The highest BCUT2D eigenvalue weighted by molar-refractivity contribution is 6.31. The molecule has 7 heteroatoms. The zero-order valence-electron chi connectivity index (χ0n) is 15.4. The van der Waals surface area contributed by atoms with Gasteiger partial charge in [0.2, 0.25) is 0 Å². The second-order valence-corrected chi connectivity index (χ2v) is 7.08. The maximum Gasteiger partial charge on any atom is 0.338 e. The SMILES string of the molecule is CCOC(=O)[C@H]1O[C@@H]1C(=O)N[C@H](COCc1ccccc1Cl)CC(C)C. The molecule has 0 spiro atoms. The summed E-state index contributed by atoms with van der Waals surface area (Å²) in [5.41, 5.74) is 0.900. The third-order valence-electron chi connectivity index (χ3n) is 3.91. The predicted octanol–water partition coefficient (Wildman–Crippen LogP) is 2.72. The monoisotopic (exact) mass is 383 g/mol. The van der Waals surface area contributed by atoms with Crippen molar-refractivity contribution in [2.24, 2.45) is 5.92 Å². The smallest absolute Gasteiger partial charge is 0.338 e. The minimum atomic E-state index is -0.793. The largest absolute Gasteiger partial charge is 0.464 e. The number of benzene rings is 1. The van der Waals surface area contributed by atoms with Crippen molar-refractivity contribution in [1.29, 1.82) is 0 Å². The van der Waals surface area contributed by atoms with Gasteiger partial charge in [-0.15, -0.1) is 0 Å². The molecule has 0 aromatic heterocycles. The summed E-state index contributed by atoms with van der Waals surface area (Å²) in [6.07, 6.45) is -0.809. The van der Waals surface area contributed by atoms with Gasteiger partial charge in [0.15, 0.2) is 12.2 Å². The predicted molar refractivity (Wildman–Crippen MR) is 97.8 cm³/mol. The summed E-state index contributed by atoms with van der Waals surface area (Å²) in [5, 5.41) is 3.56. The first kappa shape index (κ1) is 20.7. The fourth-order valence-corrected chi connectivity index (χ4v) is 2.85. The number of hydrogen-bond acceptors (Lipinski definition) is 5. The summed E-state index contributed by atoms with van der Waals surface area (Å²) >= 11 is 6.12.